The van der Waals surface area contributed by atoms with E-state index in [1.807, 2.05) is 57.2 Å². The van der Waals surface area contributed by atoms with E-state index in [-0.39, 0.29) is 70.0 Å². The summed E-state index contributed by atoms with van der Waals surface area (Å²) >= 11 is 0. The molecule has 0 aromatic heterocycles. The number of rotatable bonds is 28. The van der Waals surface area contributed by atoms with Crippen LogP contribution < -0.4 is 16.0 Å². The highest BCUT2D eigenvalue weighted by molar-refractivity contribution is 5.99. The molecule has 2 heterocycles. The molecule has 0 spiro atoms. The third kappa shape index (κ3) is 24.3. The molecule has 21 nitrogen and oxygen atoms in total. The number of aliphatic hydroxyl groups is 1. The summed E-state index contributed by atoms with van der Waals surface area (Å²) in [5.41, 5.74) is -0.628. The number of carbonyl (C=O) groups excluding carboxylic acids is 10. The molecule has 4 rings (SSSR count). The first kappa shape index (κ1) is 80.5. The molecule has 0 bridgehead atoms. The van der Waals surface area contributed by atoms with Crippen LogP contribution in [0.4, 0.5) is 0 Å². The summed E-state index contributed by atoms with van der Waals surface area (Å²) in [6.45, 7) is 19.2. The van der Waals surface area contributed by atoms with Gasteiger partial charge in [0.05, 0.1) is 12.2 Å². The first-order chi connectivity index (χ1) is 45.0. The summed E-state index contributed by atoms with van der Waals surface area (Å²) in [6.07, 6.45) is 12.5. The highest BCUT2D eigenvalue weighted by Crippen LogP contribution is 2.28. The summed E-state index contributed by atoms with van der Waals surface area (Å²) in [5, 5.41) is 20.7. The SMILES string of the molecule is CCCCCCCCCCCCCC(=O)OCCC[C@H]1C(=O)N[C@@H](CC(C)C)C(=O)N(C)[C@@H](C(C)(C)O)C(=O)O[C@H]([C@H](C)CC)C(=O)N(C)[C@@H](C(C)C)C(=O)N[C@@H](Cc2ccccc2)C(=O)N(C)[C@@H](Cc2ccccc2)C(=O)N2CCC[C@H]2C(=O)N[C@@H]([C@H](C)CC)C(=O)N1C. The predicted molar refractivity (Wildman–Crippen MR) is 368 cm³/mol. The zero-order valence-corrected chi connectivity index (χ0v) is 60.1. The number of hydrogen-bond donors (Lipinski definition) is 4. The third-order valence-electron chi connectivity index (χ3n) is 19.1. The fraction of sp³-hybridized carbons (Fsp3) is 0.703. The summed E-state index contributed by atoms with van der Waals surface area (Å²) in [5.74, 6) is -9.02. The largest absolute Gasteiger partial charge is 0.466 e. The maximum Gasteiger partial charge on any atom is 0.332 e. The van der Waals surface area contributed by atoms with Gasteiger partial charge in [-0.3, -0.25) is 43.2 Å². The second-order valence-corrected chi connectivity index (χ2v) is 28.2. The Morgan fingerprint density at radius 2 is 1.12 bits per heavy atom. The van der Waals surface area contributed by atoms with Crippen LogP contribution in [0.2, 0.25) is 0 Å². The number of benzene rings is 2. The third-order valence-corrected chi connectivity index (χ3v) is 19.1. The Balaban J connectivity index is 1.86. The van der Waals surface area contributed by atoms with E-state index < -0.39 is 131 Å². The fourth-order valence-electron chi connectivity index (χ4n) is 13.0. The van der Waals surface area contributed by atoms with Crippen LogP contribution in [0.25, 0.3) is 0 Å². The summed E-state index contributed by atoms with van der Waals surface area (Å²) in [7, 11) is 5.62. The highest BCUT2D eigenvalue weighted by atomic mass is 16.6. The molecule has 2 aromatic carbocycles. The molecule has 0 radical (unpaired) electrons. The van der Waals surface area contributed by atoms with Gasteiger partial charge >= 0.3 is 11.9 Å². The van der Waals surface area contributed by atoms with Crippen molar-refractivity contribution in [2.24, 2.45) is 23.7 Å². The Bertz CT molecular complexity index is 2780. The minimum atomic E-state index is -2.02. The maximum absolute atomic E-state index is 15.5. The van der Waals surface area contributed by atoms with Gasteiger partial charge in [0.2, 0.25) is 41.4 Å². The van der Waals surface area contributed by atoms with E-state index in [0.717, 1.165) is 24.2 Å². The highest BCUT2D eigenvalue weighted by Gasteiger charge is 2.48. The van der Waals surface area contributed by atoms with E-state index in [4.69, 9.17) is 9.47 Å². The van der Waals surface area contributed by atoms with Crippen molar-refractivity contribution in [3.05, 3.63) is 71.8 Å². The van der Waals surface area contributed by atoms with Gasteiger partial charge in [0.25, 0.3) is 5.91 Å². The number of carbonyl (C=O) groups is 10. The lowest BCUT2D eigenvalue weighted by molar-refractivity contribution is -0.177. The minimum absolute atomic E-state index is 0.0227. The zero-order chi connectivity index (χ0) is 70.7. The molecular weight excluding hydrogens is 1210 g/mol. The van der Waals surface area contributed by atoms with Gasteiger partial charge < -0.3 is 55.0 Å². The number of cyclic esters (lactones) is 1. The molecule has 2 aliphatic rings. The number of nitrogens with one attached hydrogen (secondary N) is 3. The summed E-state index contributed by atoms with van der Waals surface area (Å²) < 4.78 is 11.9. The molecule has 2 saturated heterocycles. The van der Waals surface area contributed by atoms with Gasteiger partial charge in [-0.2, -0.15) is 0 Å². The second-order valence-electron chi connectivity index (χ2n) is 28.2. The minimum Gasteiger partial charge on any atom is -0.466 e. The van der Waals surface area contributed by atoms with Crippen molar-refractivity contribution in [1.29, 1.82) is 0 Å². The van der Waals surface area contributed by atoms with Crippen molar-refractivity contribution in [1.82, 2.24) is 40.4 Å². The van der Waals surface area contributed by atoms with Crippen LogP contribution in [-0.2, 0) is 70.3 Å². The molecule has 0 saturated carbocycles. The molecule has 2 aromatic rings. The number of fused-ring (bicyclic) bond motifs is 1. The molecule has 21 heteroatoms. The van der Waals surface area contributed by atoms with E-state index >= 15 is 38.4 Å². The zero-order valence-electron chi connectivity index (χ0n) is 60.1. The monoisotopic (exact) mass is 1330 g/mol. The van der Waals surface area contributed by atoms with Crippen molar-refractivity contribution >= 4 is 59.2 Å². The molecule has 2 fully saturated rings. The van der Waals surface area contributed by atoms with Crippen LogP contribution >= 0.6 is 0 Å². The Kier molecular flexibility index (Phi) is 33.9. The van der Waals surface area contributed by atoms with Crippen LogP contribution in [0, 0.1) is 23.7 Å². The molecular formula is C74H118N8O13. The van der Waals surface area contributed by atoms with Crippen molar-refractivity contribution in [2.45, 2.75) is 271 Å². The van der Waals surface area contributed by atoms with E-state index in [1.165, 1.54) is 107 Å². The molecule has 4 N–H and O–H groups in total. The molecule has 2 aliphatic heterocycles. The van der Waals surface area contributed by atoms with Crippen molar-refractivity contribution in [3.8, 4) is 0 Å². The van der Waals surface area contributed by atoms with Crippen LogP contribution in [0.3, 0.4) is 0 Å². The van der Waals surface area contributed by atoms with E-state index in [1.54, 1.807) is 58.9 Å². The normalized spacial score (nSPS) is 23.9. The number of nitrogens with zero attached hydrogens (tertiary/aromatic N) is 5. The lowest BCUT2D eigenvalue weighted by atomic mass is 9.94. The summed E-state index contributed by atoms with van der Waals surface area (Å²) in [4.78, 5) is 156. The first-order valence-corrected chi connectivity index (χ1v) is 35.4. The predicted octanol–water partition coefficient (Wildman–Crippen LogP) is 8.74. The van der Waals surface area contributed by atoms with Gasteiger partial charge in [-0.15, -0.1) is 0 Å². The fourth-order valence-corrected chi connectivity index (χ4v) is 13.0. The van der Waals surface area contributed by atoms with Crippen molar-refractivity contribution < 1.29 is 62.5 Å². The lowest BCUT2D eigenvalue weighted by Gasteiger charge is -2.39. The maximum atomic E-state index is 15.5. The van der Waals surface area contributed by atoms with Gasteiger partial charge in [0.1, 0.15) is 42.3 Å². The van der Waals surface area contributed by atoms with E-state index in [0.29, 0.717) is 36.8 Å². The number of likely N-dealkylation sites (N-methyl/N-ethyl adjacent to an activating group) is 4. The van der Waals surface area contributed by atoms with Crippen LogP contribution in [0.15, 0.2) is 60.7 Å². The number of esters is 2. The smallest absolute Gasteiger partial charge is 0.332 e. The standard InChI is InChI=1S/C74H118N8O13/c1-16-19-20-21-22-23-24-25-26-27-34-43-60(83)94-45-36-42-57-65(84)75-55(46-49(4)5)69(88)81(15)64(74(10,11)93)73(92)95-63(52(9)18-3)72(91)80(14)62(50(6)7)67(86)76-56(47-53-37-30-28-31-38-53)68(87)79(13)59(48-54-39-32-29-33-40-54)70(89)82-44-35-41-58(82)66(85)77-61(51(8)17-2)71(90)78(57)12/h28-33,37-40,49-52,55-59,61-64,93H,16-27,34-36,41-48H2,1-15H3,(H,75,84)(H,76,86)(H,77,85)/t51-,52-,55+,56+,57+,58+,59+,61+,62+,63-,64-/m1/s1. The van der Waals surface area contributed by atoms with Crippen LogP contribution in [0.5, 0.6) is 0 Å². The Hall–Kier alpha value is -6.90. The number of ether oxygens (including phenoxy) is 2. The average molecular weight is 1330 g/mol. The topological polar surface area (TPSA) is 262 Å². The average Bonchev–Trinajstić information content (AvgIpc) is 1.72. The molecule has 8 amide bonds. The van der Waals surface area contributed by atoms with E-state index in [2.05, 4.69) is 22.9 Å². The number of hydrogen-bond acceptors (Lipinski definition) is 13. The van der Waals surface area contributed by atoms with Crippen LogP contribution in [-0.4, -0.2) is 190 Å². The van der Waals surface area contributed by atoms with Crippen molar-refractivity contribution in [2.75, 3.05) is 41.3 Å². The molecule has 532 valence electrons. The Labute approximate surface area is 567 Å². The van der Waals surface area contributed by atoms with Gasteiger partial charge in [-0.1, -0.05) is 194 Å². The van der Waals surface area contributed by atoms with Gasteiger partial charge in [0.15, 0.2) is 12.1 Å². The number of amides is 8. The van der Waals surface area contributed by atoms with Crippen LogP contribution in [0.1, 0.15) is 209 Å². The van der Waals surface area contributed by atoms with Crippen molar-refractivity contribution in [3.63, 3.8) is 0 Å². The lowest BCUT2D eigenvalue weighted by Crippen LogP contribution is -2.62. The quantitative estimate of drug-likeness (QED) is 0.0459. The molecule has 0 unspecified atom stereocenters. The molecule has 11 atom stereocenters. The van der Waals surface area contributed by atoms with Gasteiger partial charge in [0, 0.05) is 59.9 Å². The van der Waals surface area contributed by atoms with Gasteiger partial charge in [-0.05, 0) is 87.7 Å². The molecule has 0 aliphatic carbocycles. The Morgan fingerprint density at radius 1 is 0.589 bits per heavy atom. The Morgan fingerprint density at radius 3 is 1.65 bits per heavy atom. The molecule has 95 heavy (non-hydrogen) atoms. The second kappa shape index (κ2) is 40.0. The first-order valence-electron chi connectivity index (χ1n) is 35.4. The van der Waals surface area contributed by atoms with E-state index in [9.17, 15) is 14.7 Å². The number of unbranched alkanes of at least 4 members (excludes halogenated alkanes) is 10. The van der Waals surface area contributed by atoms with Gasteiger partial charge in [-0.25, -0.2) is 4.79 Å². The summed E-state index contributed by atoms with van der Waals surface area (Å²) in [6, 6.07) is 7.57.